The van der Waals surface area contributed by atoms with Gasteiger partial charge in [-0.1, -0.05) is 37.0 Å². The molecule has 0 saturated heterocycles. The van der Waals surface area contributed by atoms with Gasteiger partial charge in [-0.3, -0.25) is 14.4 Å². The molecule has 3 amide bonds. The molecule has 0 bridgehead atoms. The molecule has 3 aromatic rings. The zero-order valence-electron chi connectivity index (χ0n) is 20.5. The van der Waals surface area contributed by atoms with E-state index in [9.17, 15) is 14.4 Å². The molecule has 7 heteroatoms. The maximum atomic E-state index is 12.4. The van der Waals surface area contributed by atoms with Crippen LogP contribution in [0, 0.1) is 6.92 Å². The lowest BCUT2D eigenvalue weighted by atomic mass is 9.95. The number of carbonyl (C=O) groups is 3. The molecule has 36 heavy (non-hydrogen) atoms. The highest BCUT2D eigenvalue weighted by Gasteiger charge is 2.16. The van der Waals surface area contributed by atoms with Gasteiger partial charge in [-0.25, -0.2) is 0 Å². The third kappa shape index (κ3) is 7.18. The van der Waals surface area contributed by atoms with Crippen LogP contribution in [0.15, 0.2) is 72.8 Å². The molecular weight excluding hydrogens is 452 g/mol. The first-order valence-corrected chi connectivity index (χ1v) is 12.4. The number of nitrogens with one attached hydrogen (secondary N) is 4. The van der Waals surface area contributed by atoms with Crippen LogP contribution in [-0.4, -0.2) is 30.3 Å². The fourth-order valence-corrected chi connectivity index (χ4v) is 4.27. The van der Waals surface area contributed by atoms with Crippen molar-refractivity contribution >= 4 is 34.8 Å². The van der Waals surface area contributed by atoms with Gasteiger partial charge in [0.05, 0.1) is 6.54 Å². The predicted molar refractivity (Wildman–Crippen MR) is 143 cm³/mol. The summed E-state index contributed by atoms with van der Waals surface area (Å²) in [6, 6.07) is 21.8. The Morgan fingerprint density at radius 1 is 0.722 bits per heavy atom. The summed E-state index contributed by atoms with van der Waals surface area (Å²) in [5, 5.41) is 11.9. The molecule has 7 nitrogen and oxygen atoms in total. The number of aryl methyl sites for hydroxylation is 1. The van der Waals surface area contributed by atoms with Crippen molar-refractivity contribution in [1.82, 2.24) is 5.32 Å². The van der Waals surface area contributed by atoms with Crippen molar-refractivity contribution in [2.24, 2.45) is 0 Å². The van der Waals surface area contributed by atoms with Gasteiger partial charge in [-0.15, -0.1) is 0 Å². The second-order valence-electron chi connectivity index (χ2n) is 9.19. The molecule has 186 valence electrons. The van der Waals surface area contributed by atoms with Gasteiger partial charge in [0.15, 0.2) is 0 Å². The second-order valence-corrected chi connectivity index (χ2v) is 9.19. The fraction of sp³-hybridized carbons (Fsp3) is 0.276. The highest BCUT2D eigenvalue weighted by Crippen LogP contribution is 2.19. The van der Waals surface area contributed by atoms with Crippen LogP contribution in [0.25, 0.3) is 0 Å². The molecule has 4 N–H and O–H groups in total. The highest BCUT2D eigenvalue weighted by atomic mass is 16.2. The predicted octanol–water partition coefficient (Wildman–Crippen LogP) is 5.36. The summed E-state index contributed by atoms with van der Waals surface area (Å²) in [7, 11) is 0. The van der Waals surface area contributed by atoms with E-state index in [1.165, 1.54) is 19.3 Å². The van der Waals surface area contributed by atoms with Crippen molar-refractivity contribution in [2.45, 2.75) is 45.1 Å². The maximum absolute atomic E-state index is 12.4. The molecule has 1 fully saturated rings. The first-order chi connectivity index (χ1) is 17.5. The van der Waals surface area contributed by atoms with Crippen LogP contribution in [0.4, 0.5) is 17.1 Å². The largest absolute Gasteiger partial charge is 0.376 e. The van der Waals surface area contributed by atoms with Crippen LogP contribution in [0.2, 0.25) is 0 Å². The Morgan fingerprint density at radius 3 is 2.03 bits per heavy atom. The van der Waals surface area contributed by atoms with Crippen molar-refractivity contribution in [2.75, 3.05) is 22.5 Å². The normalized spacial score (nSPS) is 13.5. The monoisotopic (exact) mass is 484 g/mol. The van der Waals surface area contributed by atoms with E-state index in [0.717, 1.165) is 24.1 Å². The topological polar surface area (TPSA) is 99.3 Å². The third-order valence-electron chi connectivity index (χ3n) is 6.25. The molecule has 0 spiro atoms. The van der Waals surface area contributed by atoms with E-state index in [1.807, 2.05) is 25.1 Å². The minimum Gasteiger partial charge on any atom is -0.376 e. The second kappa shape index (κ2) is 12.0. The molecule has 1 saturated carbocycles. The SMILES string of the molecule is Cc1cccc(C(=O)Nc2ccc(NC(=O)CNc3ccc(C(=O)NC4CCCCC4)cc3)cc2)c1. The van der Waals surface area contributed by atoms with Crippen LogP contribution in [0.3, 0.4) is 0 Å². The van der Waals surface area contributed by atoms with E-state index in [4.69, 9.17) is 0 Å². The van der Waals surface area contributed by atoms with Crippen molar-refractivity contribution in [1.29, 1.82) is 0 Å². The smallest absolute Gasteiger partial charge is 0.255 e. The Bertz CT molecular complexity index is 1200. The van der Waals surface area contributed by atoms with E-state index in [1.54, 1.807) is 54.6 Å². The van der Waals surface area contributed by atoms with Gasteiger partial charge in [0, 0.05) is 34.2 Å². The van der Waals surface area contributed by atoms with E-state index >= 15 is 0 Å². The lowest BCUT2D eigenvalue weighted by molar-refractivity contribution is -0.114. The maximum Gasteiger partial charge on any atom is 0.255 e. The molecule has 3 aromatic carbocycles. The molecule has 0 atom stereocenters. The Kier molecular flexibility index (Phi) is 8.34. The average Bonchev–Trinajstić information content (AvgIpc) is 2.89. The summed E-state index contributed by atoms with van der Waals surface area (Å²) in [5.74, 6) is -0.437. The average molecular weight is 485 g/mol. The molecule has 4 rings (SSSR count). The Balaban J connectivity index is 1.22. The molecular formula is C29H32N4O3. The van der Waals surface area contributed by atoms with E-state index < -0.39 is 0 Å². The van der Waals surface area contributed by atoms with Gasteiger partial charge in [0.2, 0.25) is 5.91 Å². The number of benzene rings is 3. The number of amides is 3. The standard InChI is InChI=1S/C29H32N4O3/c1-20-6-5-7-22(18-20)29(36)33-26-16-14-25(15-17-26)31-27(34)19-30-23-12-10-21(11-13-23)28(35)32-24-8-3-2-4-9-24/h5-7,10-18,24,30H,2-4,8-9,19H2,1H3,(H,31,34)(H,32,35)(H,33,36). The highest BCUT2D eigenvalue weighted by molar-refractivity contribution is 6.04. The summed E-state index contributed by atoms with van der Waals surface area (Å²) in [6.07, 6.45) is 5.68. The fourth-order valence-electron chi connectivity index (χ4n) is 4.27. The van der Waals surface area contributed by atoms with Crippen molar-refractivity contribution in [3.8, 4) is 0 Å². The first kappa shape index (κ1) is 25.0. The number of anilines is 3. The van der Waals surface area contributed by atoms with Crippen molar-refractivity contribution in [3.05, 3.63) is 89.5 Å². The zero-order chi connectivity index (χ0) is 25.3. The summed E-state index contributed by atoms with van der Waals surface area (Å²) in [6.45, 7) is 2.02. The van der Waals surface area contributed by atoms with Gasteiger partial charge >= 0.3 is 0 Å². The van der Waals surface area contributed by atoms with Gasteiger partial charge < -0.3 is 21.3 Å². The van der Waals surface area contributed by atoms with E-state index in [-0.39, 0.29) is 30.3 Å². The number of hydrogen-bond donors (Lipinski definition) is 4. The third-order valence-corrected chi connectivity index (χ3v) is 6.25. The van der Waals surface area contributed by atoms with E-state index in [0.29, 0.717) is 22.5 Å². The molecule has 0 heterocycles. The lowest BCUT2D eigenvalue weighted by Crippen LogP contribution is -2.36. The molecule has 0 aromatic heterocycles. The van der Waals surface area contributed by atoms with Gasteiger partial charge in [-0.05, 0) is 80.4 Å². The lowest BCUT2D eigenvalue weighted by Gasteiger charge is -2.22. The number of rotatable bonds is 8. The molecule has 1 aliphatic rings. The molecule has 1 aliphatic carbocycles. The minimum absolute atomic E-state index is 0.0512. The number of hydrogen-bond acceptors (Lipinski definition) is 4. The Morgan fingerprint density at radius 2 is 1.36 bits per heavy atom. The van der Waals surface area contributed by atoms with Crippen LogP contribution >= 0.6 is 0 Å². The molecule has 0 unspecified atom stereocenters. The number of carbonyl (C=O) groups excluding carboxylic acids is 3. The zero-order valence-corrected chi connectivity index (χ0v) is 20.5. The summed E-state index contributed by atoms with van der Waals surface area (Å²) < 4.78 is 0. The minimum atomic E-state index is -0.203. The summed E-state index contributed by atoms with van der Waals surface area (Å²) in [5.41, 5.74) is 4.26. The van der Waals surface area contributed by atoms with Crippen LogP contribution in [0.1, 0.15) is 58.4 Å². The Hall–Kier alpha value is -4.13. The van der Waals surface area contributed by atoms with Crippen LogP contribution in [-0.2, 0) is 4.79 Å². The quantitative estimate of drug-likeness (QED) is 0.346. The van der Waals surface area contributed by atoms with Gasteiger partial charge in [0.1, 0.15) is 0 Å². The molecule has 0 radical (unpaired) electrons. The Labute approximate surface area is 211 Å². The van der Waals surface area contributed by atoms with Gasteiger partial charge in [-0.2, -0.15) is 0 Å². The van der Waals surface area contributed by atoms with E-state index in [2.05, 4.69) is 21.3 Å². The van der Waals surface area contributed by atoms with Crippen LogP contribution in [0.5, 0.6) is 0 Å². The summed E-state index contributed by atoms with van der Waals surface area (Å²) in [4.78, 5) is 37.2. The first-order valence-electron chi connectivity index (χ1n) is 12.4. The van der Waals surface area contributed by atoms with Gasteiger partial charge in [0.25, 0.3) is 11.8 Å². The summed E-state index contributed by atoms with van der Waals surface area (Å²) >= 11 is 0. The molecule has 0 aliphatic heterocycles. The van der Waals surface area contributed by atoms with Crippen molar-refractivity contribution in [3.63, 3.8) is 0 Å². The van der Waals surface area contributed by atoms with Crippen LogP contribution < -0.4 is 21.3 Å². The van der Waals surface area contributed by atoms with Crippen molar-refractivity contribution < 1.29 is 14.4 Å².